The van der Waals surface area contributed by atoms with Crippen LogP contribution in [0.2, 0.25) is 0 Å². The van der Waals surface area contributed by atoms with E-state index in [0.717, 1.165) is 17.7 Å². The molecule has 0 aliphatic heterocycles. The van der Waals surface area contributed by atoms with Gasteiger partial charge >= 0.3 is 0 Å². The third-order valence-corrected chi connectivity index (χ3v) is 4.19. The summed E-state index contributed by atoms with van der Waals surface area (Å²) < 4.78 is 26.3. The fourth-order valence-electron chi connectivity index (χ4n) is 1.73. The molecule has 2 aromatic rings. The molecule has 3 N–H and O–H groups in total. The summed E-state index contributed by atoms with van der Waals surface area (Å²) in [6, 6.07) is 0. The third-order valence-electron chi connectivity index (χ3n) is 2.82. The number of sulfonamides is 1. The third kappa shape index (κ3) is 3.42. The highest BCUT2D eigenvalue weighted by atomic mass is 32.2. The quantitative estimate of drug-likeness (QED) is 0.677. The van der Waals surface area contributed by atoms with Gasteiger partial charge in [-0.1, -0.05) is 0 Å². The number of hydrogen-bond donors (Lipinski definition) is 3. The van der Waals surface area contributed by atoms with Crippen LogP contribution in [0.15, 0.2) is 17.4 Å². The molecular formula is C11H17N5O2S. The van der Waals surface area contributed by atoms with Gasteiger partial charge in [-0.25, -0.2) is 18.1 Å². The largest absolute Gasteiger partial charge is 0.332 e. The Kier molecular flexibility index (Phi) is 4.01. The molecule has 0 fully saturated rings. The van der Waals surface area contributed by atoms with E-state index >= 15 is 0 Å². The van der Waals surface area contributed by atoms with Gasteiger partial charge in [0, 0.05) is 12.2 Å². The molecule has 0 aliphatic rings. The summed E-state index contributed by atoms with van der Waals surface area (Å²) >= 11 is 0. The van der Waals surface area contributed by atoms with Crippen LogP contribution >= 0.6 is 0 Å². The smallest absolute Gasteiger partial charge is 0.257 e. The van der Waals surface area contributed by atoms with Crippen LogP contribution in [-0.4, -0.2) is 35.1 Å². The fraction of sp³-hybridized carbons (Fsp3) is 0.455. The van der Waals surface area contributed by atoms with E-state index in [2.05, 4.69) is 24.9 Å². The van der Waals surface area contributed by atoms with E-state index in [4.69, 9.17) is 0 Å². The normalized spacial score (nSPS) is 11.9. The van der Waals surface area contributed by atoms with Crippen molar-refractivity contribution in [3.05, 3.63) is 29.5 Å². The van der Waals surface area contributed by atoms with Crippen LogP contribution in [0.4, 0.5) is 0 Å². The topological polar surface area (TPSA) is 104 Å². The molecule has 0 amide bonds. The predicted molar refractivity (Wildman–Crippen MR) is 70.2 cm³/mol. The number of aromatic amines is 2. The second-order valence-corrected chi connectivity index (χ2v) is 6.09. The summed E-state index contributed by atoms with van der Waals surface area (Å²) in [6.07, 6.45) is 4.58. The van der Waals surface area contributed by atoms with Crippen molar-refractivity contribution in [2.24, 2.45) is 0 Å². The van der Waals surface area contributed by atoms with Gasteiger partial charge in [0.2, 0.25) is 0 Å². The summed E-state index contributed by atoms with van der Waals surface area (Å²) in [5.41, 5.74) is 2.13. The maximum absolute atomic E-state index is 11.9. The first-order valence-corrected chi connectivity index (χ1v) is 7.47. The predicted octanol–water partition coefficient (Wildman–Crippen LogP) is 0.661. The number of H-pyrrole nitrogens is 2. The van der Waals surface area contributed by atoms with E-state index in [1.54, 1.807) is 13.1 Å². The Bertz CT molecular complexity index is 644. The molecule has 19 heavy (non-hydrogen) atoms. The Morgan fingerprint density at radius 1 is 1.32 bits per heavy atom. The van der Waals surface area contributed by atoms with Crippen LogP contribution in [0.5, 0.6) is 0 Å². The van der Waals surface area contributed by atoms with Gasteiger partial charge < -0.3 is 4.98 Å². The van der Waals surface area contributed by atoms with Gasteiger partial charge in [0.05, 0.1) is 12.4 Å². The first-order valence-electron chi connectivity index (χ1n) is 5.99. The molecule has 0 radical (unpaired) electrons. The van der Waals surface area contributed by atoms with Gasteiger partial charge in [-0.3, -0.25) is 5.10 Å². The minimum atomic E-state index is -3.48. The number of nitrogens with one attached hydrogen (secondary N) is 3. The Balaban J connectivity index is 1.84. The first-order chi connectivity index (χ1) is 8.99. The second-order valence-electron chi connectivity index (χ2n) is 4.35. The van der Waals surface area contributed by atoms with Crippen molar-refractivity contribution in [2.75, 3.05) is 6.54 Å². The lowest BCUT2D eigenvalue weighted by atomic mass is 10.1. The first kappa shape index (κ1) is 13.8. The number of aryl methyl sites for hydroxylation is 3. The van der Waals surface area contributed by atoms with E-state index in [1.165, 1.54) is 6.20 Å². The number of aromatic nitrogens is 4. The Labute approximate surface area is 111 Å². The molecule has 0 spiro atoms. The fourth-order valence-corrected chi connectivity index (χ4v) is 2.77. The van der Waals surface area contributed by atoms with E-state index in [-0.39, 0.29) is 5.03 Å². The summed E-state index contributed by atoms with van der Waals surface area (Å²) in [5.74, 6) is 0.578. The standard InChI is InChI=1S/C11H17N5O2S/c1-8-10(6-13-16-8)4-3-5-14-19(17,18)11-7-12-9(2)15-11/h6-7,14H,3-5H2,1-2H3,(H,12,15)(H,13,16). The molecule has 104 valence electrons. The zero-order chi connectivity index (χ0) is 13.9. The summed E-state index contributed by atoms with van der Waals surface area (Å²) in [6.45, 7) is 4.03. The molecule has 0 bridgehead atoms. The van der Waals surface area contributed by atoms with Crippen molar-refractivity contribution in [1.29, 1.82) is 0 Å². The van der Waals surface area contributed by atoms with E-state index in [9.17, 15) is 8.42 Å². The van der Waals surface area contributed by atoms with Gasteiger partial charge in [0.15, 0.2) is 5.03 Å². The molecule has 0 aromatic carbocycles. The zero-order valence-corrected chi connectivity index (χ0v) is 11.7. The lowest BCUT2D eigenvalue weighted by Crippen LogP contribution is -2.25. The number of hydrogen-bond acceptors (Lipinski definition) is 4. The van der Waals surface area contributed by atoms with Crippen LogP contribution in [0.1, 0.15) is 23.5 Å². The SMILES string of the molecule is Cc1ncc(S(=O)(=O)NCCCc2cn[nH]c2C)[nH]1. The molecule has 0 atom stereocenters. The van der Waals surface area contributed by atoms with Crippen LogP contribution in [0, 0.1) is 13.8 Å². The molecule has 0 saturated carbocycles. The van der Waals surface area contributed by atoms with Crippen molar-refractivity contribution in [3.8, 4) is 0 Å². The van der Waals surface area contributed by atoms with Crippen molar-refractivity contribution in [1.82, 2.24) is 24.9 Å². The molecule has 2 rings (SSSR count). The Morgan fingerprint density at radius 2 is 2.11 bits per heavy atom. The van der Waals surface area contributed by atoms with Gasteiger partial charge in [-0.05, 0) is 32.3 Å². The van der Waals surface area contributed by atoms with Crippen LogP contribution in [0.3, 0.4) is 0 Å². The highest BCUT2D eigenvalue weighted by Crippen LogP contribution is 2.07. The maximum atomic E-state index is 11.9. The van der Waals surface area contributed by atoms with E-state index in [1.807, 2.05) is 6.92 Å². The summed E-state index contributed by atoms with van der Waals surface area (Å²) in [7, 11) is -3.48. The zero-order valence-electron chi connectivity index (χ0n) is 10.9. The van der Waals surface area contributed by atoms with E-state index < -0.39 is 10.0 Å². The lowest BCUT2D eigenvalue weighted by molar-refractivity contribution is 0.575. The highest BCUT2D eigenvalue weighted by Gasteiger charge is 2.15. The van der Waals surface area contributed by atoms with Crippen molar-refractivity contribution < 1.29 is 8.42 Å². The molecule has 2 heterocycles. The van der Waals surface area contributed by atoms with Crippen LogP contribution in [0.25, 0.3) is 0 Å². The van der Waals surface area contributed by atoms with Gasteiger partial charge in [0.25, 0.3) is 10.0 Å². The van der Waals surface area contributed by atoms with Gasteiger partial charge in [0.1, 0.15) is 5.82 Å². The molecule has 0 unspecified atom stereocenters. The van der Waals surface area contributed by atoms with Crippen LogP contribution < -0.4 is 4.72 Å². The number of imidazole rings is 1. The van der Waals surface area contributed by atoms with Gasteiger partial charge in [-0.15, -0.1) is 0 Å². The average molecular weight is 283 g/mol. The average Bonchev–Trinajstić information content (AvgIpc) is 2.94. The maximum Gasteiger partial charge on any atom is 0.257 e. The monoisotopic (exact) mass is 283 g/mol. The van der Waals surface area contributed by atoms with Crippen molar-refractivity contribution in [2.45, 2.75) is 31.7 Å². The lowest BCUT2D eigenvalue weighted by Gasteiger charge is -2.04. The molecule has 0 aliphatic carbocycles. The van der Waals surface area contributed by atoms with Gasteiger partial charge in [-0.2, -0.15) is 5.10 Å². The van der Waals surface area contributed by atoms with Crippen LogP contribution in [-0.2, 0) is 16.4 Å². The molecule has 0 saturated heterocycles. The summed E-state index contributed by atoms with van der Waals surface area (Å²) in [5, 5.41) is 6.88. The second kappa shape index (κ2) is 5.54. The molecule has 2 aromatic heterocycles. The molecular weight excluding hydrogens is 266 g/mol. The molecule has 8 heteroatoms. The Morgan fingerprint density at radius 3 is 2.68 bits per heavy atom. The minimum absolute atomic E-state index is 0.101. The minimum Gasteiger partial charge on any atom is -0.332 e. The highest BCUT2D eigenvalue weighted by molar-refractivity contribution is 7.89. The molecule has 7 nitrogen and oxygen atoms in total. The number of rotatable bonds is 6. The number of nitrogens with zero attached hydrogens (tertiary/aromatic N) is 2. The van der Waals surface area contributed by atoms with E-state index in [0.29, 0.717) is 18.8 Å². The summed E-state index contributed by atoms with van der Waals surface area (Å²) in [4.78, 5) is 6.58. The van der Waals surface area contributed by atoms with Crippen molar-refractivity contribution >= 4 is 10.0 Å². The van der Waals surface area contributed by atoms with Crippen molar-refractivity contribution in [3.63, 3.8) is 0 Å². The Hall–Kier alpha value is -1.67.